The minimum Gasteiger partial charge on any atom is -0.356 e. The van der Waals surface area contributed by atoms with Gasteiger partial charge in [0.05, 0.1) is 0 Å². The van der Waals surface area contributed by atoms with E-state index in [0.29, 0.717) is 0 Å². The standard InChI is InChI=1S/C11H21N/c1-5-7-8-9-10-11(3)12(4)6-2/h6H,2-3,5,7-10H2,1,4H3. The fourth-order valence-electron chi connectivity index (χ4n) is 1.06. The molecule has 0 aromatic rings. The molecule has 0 aliphatic rings. The van der Waals surface area contributed by atoms with Crippen LogP contribution in [0.15, 0.2) is 25.1 Å². The number of hydrogen-bond acceptors (Lipinski definition) is 1. The SMILES string of the molecule is C=CN(C)C(=C)CCCCCC. The van der Waals surface area contributed by atoms with Crippen molar-refractivity contribution < 1.29 is 0 Å². The Labute approximate surface area is 76.8 Å². The number of rotatable bonds is 7. The third-order valence-corrected chi connectivity index (χ3v) is 2.09. The summed E-state index contributed by atoms with van der Waals surface area (Å²) >= 11 is 0. The van der Waals surface area contributed by atoms with Crippen LogP contribution in [0, 0.1) is 0 Å². The number of hydrogen-bond donors (Lipinski definition) is 0. The lowest BCUT2D eigenvalue weighted by atomic mass is 10.1. The van der Waals surface area contributed by atoms with Crippen molar-refractivity contribution in [2.24, 2.45) is 0 Å². The monoisotopic (exact) mass is 167 g/mol. The average molecular weight is 167 g/mol. The lowest BCUT2D eigenvalue weighted by Gasteiger charge is -2.15. The highest BCUT2D eigenvalue weighted by Gasteiger charge is 1.96. The zero-order valence-corrected chi connectivity index (χ0v) is 8.47. The molecule has 0 saturated carbocycles. The molecule has 70 valence electrons. The van der Waals surface area contributed by atoms with Gasteiger partial charge in [-0.3, -0.25) is 0 Å². The van der Waals surface area contributed by atoms with Gasteiger partial charge in [-0.1, -0.05) is 39.3 Å². The summed E-state index contributed by atoms with van der Waals surface area (Å²) in [5.41, 5.74) is 1.17. The molecule has 0 amide bonds. The van der Waals surface area contributed by atoms with Crippen LogP contribution in [-0.4, -0.2) is 11.9 Å². The van der Waals surface area contributed by atoms with Gasteiger partial charge >= 0.3 is 0 Å². The third kappa shape index (κ3) is 5.00. The maximum atomic E-state index is 3.98. The first-order valence-corrected chi connectivity index (χ1v) is 4.75. The lowest BCUT2D eigenvalue weighted by Crippen LogP contribution is -2.07. The van der Waals surface area contributed by atoms with Gasteiger partial charge in [-0.25, -0.2) is 0 Å². The highest BCUT2D eigenvalue weighted by Crippen LogP contribution is 2.10. The molecule has 0 spiro atoms. The van der Waals surface area contributed by atoms with Crippen molar-refractivity contribution in [2.75, 3.05) is 7.05 Å². The number of nitrogens with zero attached hydrogens (tertiary/aromatic N) is 1. The van der Waals surface area contributed by atoms with Crippen molar-refractivity contribution >= 4 is 0 Å². The Bertz CT molecular complexity index is 138. The summed E-state index contributed by atoms with van der Waals surface area (Å²) in [5, 5.41) is 0. The minimum atomic E-state index is 1.10. The second-order valence-electron chi connectivity index (χ2n) is 3.17. The van der Waals surface area contributed by atoms with Crippen LogP contribution in [0.1, 0.15) is 39.0 Å². The van der Waals surface area contributed by atoms with Gasteiger partial charge in [0, 0.05) is 12.7 Å². The van der Waals surface area contributed by atoms with Gasteiger partial charge in [0.2, 0.25) is 0 Å². The van der Waals surface area contributed by atoms with E-state index in [1.165, 1.54) is 31.4 Å². The van der Waals surface area contributed by atoms with Crippen LogP contribution in [0.4, 0.5) is 0 Å². The average Bonchev–Trinajstić information content (AvgIpc) is 2.10. The van der Waals surface area contributed by atoms with Gasteiger partial charge in [0.1, 0.15) is 0 Å². The van der Waals surface area contributed by atoms with E-state index in [9.17, 15) is 0 Å². The molecule has 0 radical (unpaired) electrons. The molecule has 0 heterocycles. The van der Waals surface area contributed by atoms with Crippen molar-refractivity contribution in [3.05, 3.63) is 25.1 Å². The smallest absolute Gasteiger partial charge is 0.0108 e. The number of allylic oxidation sites excluding steroid dienone is 1. The maximum Gasteiger partial charge on any atom is 0.0108 e. The second kappa shape index (κ2) is 6.96. The molecular formula is C11H21N. The third-order valence-electron chi connectivity index (χ3n) is 2.09. The van der Waals surface area contributed by atoms with Crippen LogP contribution >= 0.6 is 0 Å². The zero-order valence-electron chi connectivity index (χ0n) is 8.47. The Balaban J connectivity index is 3.37. The lowest BCUT2D eigenvalue weighted by molar-refractivity contribution is 0.521. The van der Waals surface area contributed by atoms with Crippen LogP contribution in [0.5, 0.6) is 0 Å². The molecule has 0 aliphatic carbocycles. The first kappa shape index (κ1) is 11.3. The van der Waals surface area contributed by atoms with Gasteiger partial charge in [-0.15, -0.1) is 0 Å². The van der Waals surface area contributed by atoms with Crippen LogP contribution in [0.2, 0.25) is 0 Å². The van der Waals surface area contributed by atoms with E-state index in [1.807, 2.05) is 18.1 Å². The van der Waals surface area contributed by atoms with Crippen molar-refractivity contribution in [2.45, 2.75) is 39.0 Å². The molecule has 1 heteroatoms. The van der Waals surface area contributed by atoms with Crippen LogP contribution in [0.3, 0.4) is 0 Å². The normalized spacial score (nSPS) is 9.50. The van der Waals surface area contributed by atoms with Crippen molar-refractivity contribution in [3.63, 3.8) is 0 Å². The molecule has 0 atom stereocenters. The molecule has 0 fully saturated rings. The fraction of sp³-hybridized carbons (Fsp3) is 0.636. The van der Waals surface area contributed by atoms with Gasteiger partial charge in [-0.05, 0) is 19.0 Å². The van der Waals surface area contributed by atoms with Gasteiger partial charge < -0.3 is 4.90 Å². The van der Waals surface area contributed by atoms with Crippen LogP contribution < -0.4 is 0 Å². The van der Waals surface area contributed by atoms with Crippen LogP contribution in [-0.2, 0) is 0 Å². The predicted octanol–water partition coefficient (Wildman–Crippen LogP) is 3.55. The first-order chi connectivity index (χ1) is 5.72. The second-order valence-corrected chi connectivity index (χ2v) is 3.17. The van der Waals surface area contributed by atoms with E-state index >= 15 is 0 Å². The molecule has 12 heavy (non-hydrogen) atoms. The summed E-state index contributed by atoms with van der Waals surface area (Å²) in [4.78, 5) is 1.99. The summed E-state index contributed by atoms with van der Waals surface area (Å²) in [6.45, 7) is 9.90. The molecule has 0 N–H and O–H groups in total. The molecule has 0 aromatic heterocycles. The number of unbranched alkanes of at least 4 members (excludes halogenated alkanes) is 3. The van der Waals surface area contributed by atoms with E-state index < -0.39 is 0 Å². The van der Waals surface area contributed by atoms with Crippen molar-refractivity contribution in [3.8, 4) is 0 Å². The van der Waals surface area contributed by atoms with Crippen molar-refractivity contribution in [1.29, 1.82) is 0 Å². The molecule has 0 unspecified atom stereocenters. The van der Waals surface area contributed by atoms with E-state index in [4.69, 9.17) is 0 Å². The Morgan fingerprint density at radius 1 is 1.33 bits per heavy atom. The van der Waals surface area contributed by atoms with Crippen LogP contribution in [0.25, 0.3) is 0 Å². The summed E-state index contributed by atoms with van der Waals surface area (Å²) in [6.07, 6.45) is 8.12. The fourth-order valence-corrected chi connectivity index (χ4v) is 1.06. The minimum absolute atomic E-state index is 1.10. The van der Waals surface area contributed by atoms with Crippen molar-refractivity contribution in [1.82, 2.24) is 4.90 Å². The quantitative estimate of drug-likeness (QED) is 0.524. The molecule has 0 bridgehead atoms. The summed E-state index contributed by atoms with van der Waals surface area (Å²) in [5.74, 6) is 0. The summed E-state index contributed by atoms with van der Waals surface area (Å²) < 4.78 is 0. The largest absolute Gasteiger partial charge is 0.356 e. The Kier molecular flexibility index (Phi) is 6.54. The zero-order chi connectivity index (χ0) is 9.40. The maximum absolute atomic E-state index is 3.98. The molecule has 0 rings (SSSR count). The molecule has 1 nitrogen and oxygen atoms in total. The molecular weight excluding hydrogens is 146 g/mol. The van der Waals surface area contributed by atoms with E-state index in [-0.39, 0.29) is 0 Å². The van der Waals surface area contributed by atoms with E-state index in [0.717, 1.165) is 6.42 Å². The Hall–Kier alpha value is -0.720. The Morgan fingerprint density at radius 2 is 2.00 bits per heavy atom. The summed E-state index contributed by atoms with van der Waals surface area (Å²) in [7, 11) is 2.00. The summed E-state index contributed by atoms with van der Waals surface area (Å²) in [6, 6.07) is 0. The first-order valence-electron chi connectivity index (χ1n) is 4.75. The predicted molar refractivity (Wildman–Crippen MR) is 55.9 cm³/mol. The van der Waals surface area contributed by atoms with E-state index in [2.05, 4.69) is 20.1 Å². The molecule has 0 aromatic carbocycles. The van der Waals surface area contributed by atoms with E-state index in [1.54, 1.807) is 0 Å². The van der Waals surface area contributed by atoms with Gasteiger partial charge in [0.15, 0.2) is 0 Å². The van der Waals surface area contributed by atoms with Gasteiger partial charge in [-0.2, -0.15) is 0 Å². The molecule has 0 saturated heterocycles. The highest BCUT2D eigenvalue weighted by molar-refractivity contribution is 4.96. The topological polar surface area (TPSA) is 3.24 Å². The van der Waals surface area contributed by atoms with Gasteiger partial charge in [0.25, 0.3) is 0 Å². The highest BCUT2D eigenvalue weighted by atomic mass is 15.1. The Morgan fingerprint density at radius 3 is 2.50 bits per heavy atom. The molecule has 0 aliphatic heterocycles.